The van der Waals surface area contributed by atoms with E-state index in [2.05, 4.69) is 15.5 Å². The summed E-state index contributed by atoms with van der Waals surface area (Å²) in [7, 11) is 0. The van der Waals surface area contributed by atoms with Gasteiger partial charge in [-0.05, 0) is 30.3 Å². The number of nitrogens with one attached hydrogen (secondary N) is 1. The number of amides is 1. The Bertz CT molecular complexity index is 941. The van der Waals surface area contributed by atoms with Gasteiger partial charge in [0.2, 0.25) is 17.6 Å². The van der Waals surface area contributed by atoms with E-state index >= 15 is 0 Å². The Morgan fingerprint density at radius 3 is 2.60 bits per heavy atom. The predicted molar refractivity (Wildman–Crippen MR) is 95.3 cm³/mol. The summed E-state index contributed by atoms with van der Waals surface area (Å²) < 4.78 is 10.8. The van der Waals surface area contributed by atoms with Crippen molar-refractivity contribution < 1.29 is 14.1 Å². The van der Waals surface area contributed by atoms with Crippen molar-refractivity contribution in [1.82, 2.24) is 10.1 Å². The van der Waals surface area contributed by atoms with Crippen LogP contribution in [0.5, 0.6) is 11.5 Å². The quantitative estimate of drug-likeness (QED) is 0.683. The van der Waals surface area contributed by atoms with Crippen molar-refractivity contribution in [3.63, 3.8) is 0 Å². The largest absolute Gasteiger partial charge is 0.454 e. The molecule has 3 rings (SSSR count). The van der Waals surface area contributed by atoms with Gasteiger partial charge in [-0.2, -0.15) is 4.98 Å². The molecule has 0 unspecified atom stereocenters. The molecule has 3 aromatic rings. The van der Waals surface area contributed by atoms with E-state index in [1.807, 2.05) is 0 Å². The van der Waals surface area contributed by atoms with Gasteiger partial charge in [-0.1, -0.05) is 28.4 Å². The average Bonchev–Trinajstić information content (AvgIpc) is 2.98. The van der Waals surface area contributed by atoms with Crippen molar-refractivity contribution in [3.05, 3.63) is 52.3 Å². The second-order valence-electron chi connectivity index (χ2n) is 5.21. The zero-order chi connectivity index (χ0) is 18.0. The van der Waals surface area contributed by atoms with E-state index in [-0.39, 0.29) is 5.91 Å². The molecule has 0 aliphatic heterocycles. The molecule has 8 heteroatoms. The minimum absolute atomic E-state index is 0.221. The van der Waals surface area contributed by atoms with Crippen LogP contribution in [0.2, 0.25) is 10.0 Å². The van der Waals surface area contributed by atoms with Crippen LogP contribution < -0.4 is 10.1 Å². The Balaban J connectivity index is 1.91. The summed E-state index contributed by atoms with van der Waals surface area (Å²) >= 11 is 12.3. The van der Waals surface area contributed by atoms with Crippen molar-refractivity contribution in [2.24, 2.45) is 0 Å². The van der Waals surface area contributed by atoms with E-state index in [0.717, 1.165) is 0 Å². The zero-order valence-electron chi connectivity index (χ0n) is 13.3. The number of aryl methyl sites for hydroxylation is 1. The fourth-order valence-corrected chi connectivity index (χ4v) is 2.51. The Morgan fingerprint density at radius 1 is 1.16 bits per heavy atom. The molecule has 0 aliphatic carbocycles. The van der Waals surface area contributed by atoms with Crippen molar-refractivity contribution in [2.45, 2.75) is 13.8 Å². The van der Waals surface area contributed by atoms with Gasteiger partial charge in [0.15, 0.2) is 5.75 Å². The minimum atomic E-state index is -0.221. The molecule has 2 aromatic carbocycles. The van der Waals surface area contributed by atoms with Crippen LogP contribution in [0.25, 0.3) is 11.4 Å². The van der Waals surface area contributed by atoms with Crippen LogP contribution in [0.3, 0.4) is 0 Å². The van der Waals surface area contributed by atoms with Crippen molar-refractivity contribution in [3.8, 4) is 22.9 Å². The van der Waals surface area contributed by atoms with Gasteiger partial charge in [0.1, 0.15) is 5.75 Å². The van der Waals surface area contributed by atoms with E-state index in [0.29, 0.717) is 44.5 Å². The molecule has 0 saturated heterocycles. The minimum Gasteiger partial charge on any atom is -0.454 e. The maximum atomic E-state index is 11.3. The highest BCUT2D eigenvalue weighted by atomic mass is 35.5. The average molecular weight is 378 g/mol. The summed E-state index contributed by atoms with van der Waals surface area (Å²) in [5.74, 6) is 1.46. The molecule has 0 bridgehead atoms. The first kappa shape index (κ1) is 17.3. The second-order valence-corrected chi connectivity index (χ2v) is 6.05. The van der Waals surface area contributed by atoms with Crippen LogP contribution in [0.1, 0.15) is 12.8 Å². The standard InChI is InChI=1S/C17H13Cl2N3O3/c1-9(23)20-14-5-4-12(18)8-16(14)24-15-6-3-11(7-13(15)19)17-21-10(2)25-22-17/h3-8H,1-2H3,(H,20,23). The summed E-state index contributed by atoms with van der Waals surface area (Å²) in [4.78, 5) is 15.5. The molecule has 0 saturated carbocycles. The molecule has 0 atom stereocenters. The van der Waals surface area contributed by atoms with E-state index in [9.17, 15) is 4.79 Å². The second kappa shape index (κ2) is 7.13. The molecule has 0 radical (unpaired) electrons. The molecule has 0 aliphatic rings. The number of ether oxygens (including phenoxy) is 1. The highest BCUT2D eigenvalue weighted by molar-refractivity contribution is 6.32. The number of anilines is 1. The number of halogens is 2. The molecule has 1 N–H and O–H groups in total. The van der Waals surface area contributed by atoms with Crippen LogP contribution in [0, 0.1) is 6.92 Å². The monoisotopic (exact) mass is 377 g/mol. The molecule has 1 heterocycles. The SMILES string of the molecule is CC(=O)Nc1ccc(Cl)cc1Oc1ccc(-c2noc(C)n2)cc1Cl. The van der Waals surface area contributed by atoms with E-state index in [1.54, 1.807) is 43.3 Å². The number of carbonyl (C=O) groups excluding carboxylic acids is 1. The lowest BCUT2D eigenvalue weighted by molar-refractivity contribution is -0.114. The van der Waals surface area contributed by atoms with Crippen molar-refractivity contribution >= 4 is 34.8 Å². The first-order valence-corrected chi connectivity index (χ1v) is 8.03. The lowest BCUT2D eigenvalue weighted by Crippen LogP contribution is -2.06. The number of carbonyl (C=O) groups is 1. The van der Waals surface area contributed by atoms with E-state index in [4.69, 9.17) is 32.5 Å². The number of nitrogens with zero attached hydrogens (tertiary/aromatic N) is 2. The van der Waals surface area contributed by atoms with E-state index in [1.165, 1.54) is 6.92 Å². The van der Waals surface area contributed by atoms with Gasteiger partial charge in [0.05, 0.1) is 10.7 Å². The molecule has 1 amide bonds. The molecule has 1 aromatic heterocycles. The maximum Gasteiger partial charge on any atom is 0.223 e. The van der Waals surface area contributed by atoms with Gasteiger partial charge < -0.3 is 14.6 Å². The molecular weight excluding hydrogens is 365 g/mol. The van der Waals surface area contributed by atoms with Gasteiger partial charge >= 0.3 is 0 Å². The van der Waals surface area contributed by atoms with Crippen LogP contribution >= 0.6 is 23.2 Å². The highest BCUT2D eigenvalue weighted by Crippen LogP contribution is 2.37. The summed E-state index contributed by atoms with van der Waals surface area (Å²) in [6.07, 6.45) is 0. The summed E-state index contributed by atoms with van der Waals surface area (Å²) in [6.45, 7) is 3.12. The van der Waals surface area contributed by atoms with Crippen LogP contribution in [-0.4, -0.2) is 16.0 Å². The van der Waals surface area contributed by atoms with Crippen molar-refractivity contribution in [2.75, 3.05) is 5.32 Å². The lowest BCUT2D eigenvalue weighted by Gasteiger charge is -2.13. The molecule has 6 nitrogen and oxygen atoms in total. The molecular formula is C17H13Cl2N3O3. The topological polar surface area (TPSA) is 77.2 Å². The Morgan fingerprint density at radius 2 is 1.96 bits per heavy atom. The fourth-order valence-electron chi connectivity index (χ4n) is 2.13. The highest BCUT2D eigenvalue weighted by Gasteiger charge is 2.13. The normalized spacial score (nSPS) is 10.6. The van der Waals surface area contributed by atoms with E-state index < -0.39 is 0 Å². The molecule has 128 valence electrons. The molecule has 25 heavy (non-hydrogen) atoms. The van der Waals surface area contributed by atoms with Gasteiger partial charge in [-0.15, -0.1) is 0 Å². The Kier molecular flexibility index (Phi) is 4.92. The molecule has 0 spiro atoms. The summed E-state index contributed by atoms with van der Waals surface area (Å²) in [6, 6.07) is 10.0. The van der Waals surface area contributed by atoms with Crippen LogP contribution in [-0.2, 0) is 4.79 Å². The number of rotatable bonds is 4. The summed E-state index contributed by atoms with van der Waals surface area (Å²) in [5.41, 5.74) is 1.19. The van der Waals surface area contributed by atoms with Gasteiger partial charge in [0, 0.05) is 30.5 Å². The zero-order valence-corrected chi connectivity index (χ0v) is 14.9. The number of aromatic nitrogens is 2. The number of hydrogen-bond donors (Lipinski definition) is 1. The third kappa shape index (κ3) is 4.10. The maximum absolute atomic E-state index is 11.3. The van der Waals surface area contributed by atoms with Crippen molar-refractivity contribution in [1.29, 1.82) is 0 Å². The third-order valence-corrected chi connectivity index (χ3v) is 3.72. The van der Waals surface area contributed by atoms with Crippen LogP contribution in [0.4, 0.5) is 5.69 Å². The first-order chi connectivity index (χ1) is 11.9. The number of benzene rings is 2. The predicted octanol–water partition coefficient (Wildman–Crippen LogP) is 5.10. The third-order valence-electron chi connectivity index (χ3n) is 3.19. The smallest absolute Gasteiger partial charge is 0.223 e. The molecule has 0 fully saturated rings. The fraction of sp³-hybridized carbons (Fsp3) is 0.118. The Hall–Kier alpha value is -2.57. The van der Waals surface area contributed by atoms with Gasteiger partial charge in [-0.25, -0.2) is 0 Å². The lowest BCUT2D eigenvalue weighted by atomic mass is 10.2. The van der Waals surface area contributed by atoms with Crippen LogP contribution in [0.15, 0.2) is 40.9 Å². The summed E-state index contributed by atoms with van der Waals surface area (Å²) in [5, 5.41) is 7.36. The first-order valence-electron chi connectivity index (χ1n) is 7.27. The number of hydrogen-bond acceptors (Lipinski definition) is 5. The Labute approximate surface area is 153 Å². The van der Waals surface area contributed by atoms with Gasteiger partial charge in [0.25, 0.3) is 0 Å². The van der Waals surface area contributed by atoms with Gasteiger partial charge in [-0.3, -0.25) is 4.79 Å².